The number of nitro groups is 1. The van der Waals surface area contributed by atoms with E-state index in [9.17, 15) is 14.9 Å². The van der Waals surface area contributed by atoms with E-state index in [1.807, 2.05) is 32.2 Å². The van der Waals surface area contributed by atoms with Gasteiger partial charge in [-0.25, -0.2) is 4.79 Å². The summed E-state index contributed by atoms with van der Waals surface area (Å²) in [5.74, 6) is 0. The topological polar surface area (TPSA) is 93.3 Å². The molecule has 1 aromatic heterocycles. The average Bonchev–Trinajstić information content (AvgIpc) is 2.87. The largest absolute Gasteiger partial charge is 0.326 e. The van der Waals surface area contributed by atoms with Crippen molar-refractivity contribution in [2.45, 2.75) is 6.92 Å². The molecule has 0 spiro atoms. The van der Waals surface area contributed by atoms with Crippen LogP contribution in [-0.4, -0.2) is 27.8 Å². The lowest BCUT2D eigenvalue weighted by molar-refractivity contribution is -0.384. The van der Waals surface area contributed by atoms with Gasteiger partial charge in [0.2, 0.25) is 0 Å². The molecule has 0 radical (unpaired) electrons. The average molecular weight is 374 g/mol. The number of nitrogens with one attached hydrogen (secondary N) is 1. The first kappa shape index (κ1) is 17.7. The number of hydrogen-bond donors (Lipinski definition) is 1. The molecule has 0 unspecified atom stereocenters. The first-order valence-corrected chi connectivity index (χ1v) is 8.07. The molecule has 3 aromatic rings. The molecule has 0 atom stereocenters. The van der Waals surface area contributed by atoms with Crippen LogP contribution in [0.2, 0.25) is 5.02 Å². The highest BCUT2D eigenvalue weighted by Gasteiger charge is 2.16. The van der Waals surface area contributed by atoms with Crippen molar-refractivity contribution in [3.05, 3.63) is 57.2 Å². The summed E-state index contributed by atoms with van der Waals surface area (Å²) in [6.45, 7) is 1.97. The van der Waals surface area contributed by atoms with Gasteiger partial charge in [-0.2, -0.15) is 5.10 Å². The predicted molar refractivity (Wildman–Crippen MR) is 101 cm³/mol. The molecule has 0 bridgehead atoms. The third-order valence-corrected chi connectivity index (χ3v) is 4.37. The lowest BCUT2D eigenvalue weighted by Crippen LogP contribution is -2.31. The zero-order valence-electron chi connectivity index (χ0n) is 14.4. The molecule has 1 N–H and O–H groups in total. The molecule has 0 aliphatic rings. The van der Waals surface area contributed by atoms with Crippen LogP contribution in [0.4, 0.5) is 21.9 Å². The Balaban J connectivity index is 1.85. The fourth-order valence-corrected chi connectivity index (χ4v) is 2.83. The standard InChI is InChI=1S/C17H16ClN5O3/c1-10-15-5-4-13(9-16(15)20-22(10)3)21(2)17(24)19-12-6-11(18)7-14(8-12)23(25)26/h4-9H,1-3H3,(H,19,24). The summed E-state index contributed by atoms with van der Waals surface area (Å²) < 4.78 is 1.78. The lowest BCUT2D eigenvalue weighted by Gasteiger charge is -2.18. The molecule has 0 saturated heterocycles. The van der Waals surface area contributed by atoms with Crippen LogP contribution >= 0.6 is 11.6 Å². The quantitative estimate of drug-likeness (QED) is 0.552. The van der Waals surface area contributed by atoms with Crippen molar-refractivity contribution in [2.24, 2.45) is 7.05 Å². The van der Waals surface area contributed by atoms with Crippen LogP contribution in [0.1, 0.15) is 5.69 Å². The Morgan fingerprint density at radius 1 is 1.31 bits per heavy atom. The van der Waals surface area contributed by atoms with Crippen molar-refractivity contribution in [3.63, 3.8) is 0 Å². The van der Waals surface area contributed by atoms with Crippen molar-refractivity contribution in [3.8, 4) is 0 Å². The van der Waals surface area contributed by atoms with E-state index in [1.165, 1.54) is 23.1 Å². The SMILES string of the molecule is Cc1c2ccc(N(C)C(=O)Nc3cc(Cl)cc([N+](=O)[O-])c3)cc2nn1C. The van der Waals surface area contributed by atoms with Gasteiger partial charge < -0.3 is 5.32 Å². The number of carbonyl (C=O) groups is 1. The number of rotatable bonds is 3. The summed E-state index contributed by atoms with van der Waals surface area (Å²) in [4.78, 5) is 24.2. The number of benzene rings is 2. The number of urea groups is 1. The number of hydrogen-bond acceptors (Lipinski definition) is 4. The molecule has 26 heavy (non-hydrogen) atoms. The molecule has 1 heterocycles. The van der Waals surface area contributed by atoms with Crippen molar-refractivity contribution in [1.82, 2.24) is 9.78 Å². The molecule has 2 amide bonds. The smallest absolute Gasteiger partial charge is 0.307 e. The molecule has 0 aliphatic heterocycles. The van der Waals surface area contributed by atoms with Gasteiger partial charge in [0.15, 0.2) is 0 Å². The second-order valence-electron chi connectivity index (χ2n) is 5.85. The van der Waals surface area contributed by atoms with Crippen LogP contribution < -0.4 is 10.2 Å². The van der Waals surface area contributed by atoms with Gasteiger partial charge in [0, 0.05) is 48.0 Å². The molecule has 2 aromatic carbocycles. The van der Waals surface area contributed by atoms with E-state index in [2.05, 4.69) is 10.4 Å². The minimum Gasteiger partial charge on any atom is -0.307 e. The van der Waals surface area contributed by atoms with Crippen molar-refractivity contribution >= 4 is 45.6 Å². The number of nitrogens with zero attached hydrogens (tertiary/aromatic N) is 4. The molecule has 8 nitrogen and oxygen atoms in total. The monoisotopic (exact) mass is 373 g/mol. The second kappa shape index (κ2) is 6.64. The van der Waals surface area contributed by atoms with Gasteiger partial charge in [0.25, 0.3) is 5.69 Å². The molecule has 0 saturated carbocycles. The van der Waals surface area contributed by atoms with Crippen molar-refractivity contribution in [1.29, 1.82) is 0 Å². The summed E-state index contributed by atoms with van der Waals surface area (Å²) in [7, 11) is 3.46. The Bertz CT molecular complexity index is 1030. The zero-order chi connectivity index (χ0) is 19.0. The van der Waals surface area contributed by atoms with Gasteiger partial charge in [-0.15, -0.1) is 0 Å². The molecular weight excluding hydrogens is 358 g/mol. The van der Waals surface area contributed by atoms with E-state index in [4.69, 9.17) is 11.6 Å². The summed E-state index contributed by atoms with van der Waals surface area (Å²) in [5, 5.41) is 19.1. The summed E-state index contributed by atoms with van der Waals surface area (Å²) in [5.41, 5.74) is 2.51. The normalized spacial score (nSPS) is 10.8. The van der Waals surface area contributed by atoms with Crippen molar-refractivity contribution in [2.75, 3.05) is 17.3 Å². The fourth-order valence-electron chi connectivity index (χ4n) is 2.60. The van der Waals surface area contributed by atoms with Crippen LogP contribution in [0.15, 0.2) is 36.4 Å². The van der Waals surface area contributed by atoms with E-state index in [0.29, 0.717) is 5.69 Å². The van der Waals surface area contributed by atoms with Gasteiger partial charge in [-0.05, 0) is 31.2 Å². The van der Waals surface area contributed by atoms with E-state index >= 15 is 0 Å². The molecule has 9 heteroatoms. The van der Waals surface area contributed by atoms with Gasteiger partial charge in [-0.1, -0.05) is 11.6 Å². The van der Waals surface area contributed by atoms with E-state index in [-0.39, 0.29) is 16.4 Å². The minimum absolute atomic E-state index is 0.169. The first-order chi connectivity index (χ1) is 12.3. The Morgan fingerprint density at radius 2 is 2.04 bits per heavy atom. The number of anilines is 2. The zero-order valence-corrected chi connectivity index (χ0v) is 15.1. The molecule has 3 rings (SSSR count). The molecule has 0 aliphatic carbocycles. The number of aryl methyl sites for hydroxylation is 2. The fraction of sp³-hybridized carbons (Fsp3) is 0.176. The Kier molecular flexibility index (Phi) is 4.52. The first-order valence-electron chi connectivity index (χ1n) is 7.69. The van der Waals surface area contributed by atoms with E-state index in [0.717, 1.165) is 16.6 Å². The van der Waals surface area contributed by atoms with Gasteiger partial charge in [0.05, 0.1) is 16.1 Å². The Labute approximate surface area is 154 Å². The summed E-state index contributed by atoms with van der Waals surface area (Å²) >= 11 is 5.88. The minimum atomic E-state index is -0.567. The van der Waals surface area contributed by atoms with Gasteiger partial charge in [-0.3, -0.25) is 19.7 Å². The van der Waals surface area contributed by atoms with Crippen LogP contribution in [0, 0.1) is 17.0 Å². The maximum absolute atomic E-state index is 12.5. The van der Waals surface area contributed by atoms with Gasteiger partial charge in [0.1, 0.15) is 0 Å². The molecular formula is C17H16ClN5O3. The van der Waals surface area contributed by atoms with Gasteiger partial charge >= 0.3 is 6.03 Å². The van der Waals surface area contributed by atoms with E-state index in [1.54, 1.807) is 11.7 Å². The highest BCUT2D eigenvalue weighted by atomic mass is 35.5. The highest BCUT2D eigenvalue weighted by molar-refractivity contribution is 6.31. The number of aromatic nitrogens is 2. The van der Waals surface area contributed by atoms with Crippen LogP contribution in [0.25, 0.3) is 10.9 Å². The highest BCUT2D eigenvalue weighted by Crippen LogP contribution is 2.26. The number of halogens is 1. The van der Waals surface area contributed by atoms with E-state index < -0.39 is 11.0 Å². The predicted octanol–water partition coefficient (Wildman–Crippen LogP) is 4.11. The number of nitro benzene ring substituents is 1. The van der Waals surface area contributed by atoms with Crippen LogP contribution in [-0.2, 0) is 7.05 Å². The Morgan fingerprint density at radius 3 is 2.73 bits per heavy atom. The maximum atomic E-state index is 12.5. The second-order valence-corrected chi connectivity index (χ2v) is 6.29. The lowest BCUT2D eigenvalue weighted by atomic mass is 10.2. The van der Waals surface area contributed by atoms with Crippen molar-refractivity contribution < 1.29 is 9.72 Å². The number of fused-ring (bicyclic) bond motifs is 1. The summed E-state index contributed by atoms with van der Waals surface area (Å²) in [6.07, 6.45) is 0. The van der Waals surface area contributed by atoms with Crippen LogP contribution in [0.3, 0.4) is 0 Å². The number of carbonyl (C=O) groups excluding carboxylic acids is 1. The Hall–Kier alpha value is -3.13. The molecule has 0 fully saturated rings. The molecule has 134 valence electrons. The third kappa shape index (κ3) is 3.31. The third-order valence-electron chi connectivity index (χ3n) is 4.15. The summed E-state index contributed by atoms with van der Waals surface area (Å²) in [6, 6.07) is 9.00. The number of non-ortho nitro benzene ring substituents is 1. The number of amides is 2. The maximum Gasteiger partial charge on any atom is 0.326 e. The van der Waals surface area contributed by atoms with Crippen LogP contribution in [0.5, 0.6) is 0 Å².